The molecule has 0 atom stereocenters. The smallest absolute Gasteiger partial charge is 0.0992 e. The molecule has 0 spiro atoms. The van der Waals surface area contributed by atoms with Crippen LogP contribution < -0.4 is 5.32 Å². The van der Waals surface area contributed by atoms with E-state index >= 15 is 0 Å². The van der Waals surface area contributed by atoms with Gasteiger partial charge in [-0.1, -0.05) is 0 Å². The van der Waals surface area contributed by atoms with Gasteiger partial charge in [0, 0.05) is 17.7 Å². The molecule has 0 amide bonds. The van der Waals surface area contributed by atoms with Crippen LogP contribution >= 0.6 is 15.9 Å². The molecule has 0 saturated carbocycles. The minimum atomic E-state index is 0.630. The summed E-state index contributed by atoms with van der Waals surface area (Å²) in [6, 6.07) is 7.53. The molecule has 17 heavy (non-hydrogen) atoms. The quantitative estimate of drug-likeness (QED) is 0.925. The average molecular weight is 291 g/mol. The number of halogens is 1. The fourth-order valence-corrected chi connectivity index (χ4v) is 2.03. The van der Waals surface area contributed by atoms with E-state index in [4.69, 9.17) is 5.26 Å². The molecule has 1 N–H and O–H groups in total. The predicted molar refractivity (Wildman–Crippen MR) is 70.1 cm³/mol. The lowest BCUT2D eigenvalue weighted by molar-refractivity contribution is 0.756. The van der Waals surface area contributed by atoms with Gasteiger partial charge in [0.05, 0.1) is 28.7 Å². The van der Waals surface area contributed by atoms with Crippen LogP contribution in [0, 0.1) is 18.3 Å². The Balaban J connectivity index is 2.31. The van der Waals surface area contributed by atoms with Gasteiger partial charge < -0.3 is 5.32 Å². The first-order valence-electron chi connectivity index (χ1n) is 5.07. The summed E-state index contributed by atoms with van der Waals surface area (Å²) in [5.41, 5.74) is 3.44. The van der Waals surface area contributed by atoms with Gasteiger partial charge in [-0.25, -0.2) is 0 Å². The van der Waals surface area contributed by atoms with Crippen molar-refractivity contribution in [2.45, 2.75) is 6.92 Å². The molecule has 5 heteroatoms. The molecule has 2 aromatic rings. The minimum Gasteiger partial charge on any atom is -0.352 e. The molecule has 0 saturated heterocycles. The van der Waals surface area contributed by atoms with Gasteiger partial charge >= 0.3 is 0 Å². The second-order valence-corrected chi connectivity index (χ2v) is 4.59. The lowest BCUT2D eigenvalue weighted by Crippen LogP contribution is -1.92. The summed E-state index contributed by atoms with van der Waals surface area (Å²) in [7, 11) is 1.88. The number of nitrogens with zero attached hydrogens (tertiary/aromatic N) is 3. The summed E-state index contributed by atoms with van der Waals surface area (Å²) < 4.78 is 2.62. The molecule has 0 aliphatic carbocycles. The maximum absolute atomic E-state index is 8.79. The number of hydrogen-bond donors (Lipinski definition) is 1. The van der Waals surface area contributed by atoms with Crippen molar-refractivity contribution < 1.29 is 0 Å². The van der Waals surface area contributed by atoms with Gasteiger partial charge in [-0.2, -0.15) is 10.4 Å². The summed E-state index contributed by atoms with van der Waals surface area (Å²) in [5.74, 6) is 0. The van der Waals surface area contributed by atoms with Crippen LogP contribution in [-0.4, -0.2) is 9.78 Å². The molecule has 0 aliphatic heterocycles. The van der Waals surface area contributed by atoms with Gasteiger partial charge in [0.15, 0.2) is 0 Å². The summed E-state index contributed by atoms with van der Waals surface area (Å²) in [4.78, 5) is 0. The standard InChI is InChI=1S/C12H11BrN4/c1-8-12(7-17(2)16-8)15-11-4-3-9(6-14)5-10(11)13/h3-5,7,15H,1-2H3. The van der Waals surface area contributed by atoms with E-state index in [1.54, 1.807) is 16.8 Å². The van der Waals surface area contributed by atoms with Crippen LogP contribution in [0.3, 0.4) is 0 Å². The van der Waals surface area contributed by atoms with Gasteiger partial charge in [0.1, 0.15) is 0 Å². The second-order valence-electron chi connectivity index (χ2n) is 3.73. The van der Waals surface area contributed by atoms with Crippen molar-refractivity contribution in [2.75, 3.05) is 5.32 Å². The molecular weight excluding hydrogens is 280 g/mol. The third-order valence-corrected chi connectivity index (χ3v) is 3.04. The largest absolute Gasteiger partial charge is 0.352 e. The third kappa shape index (κ3) is 2.48. The first-order chi connectivity index (χ1) is 8.10. The van der Waals surface area contributed by atoms with Gasteiger partial charge in [0.25, 0.3) is 0 Å². The zero-order valence-corrected chi connectivity index (χ0v) is 11.1. The average Bonchev–Trinajstić information content (AvgIpc) is 2.60. The van der Waals surface area contributed by atoms with E-state index < -0.39 is 0 Å². The Bertz CT molecular complexity index is 595. The SMILES string of the molecule is Cc1nn(C)cc1Nc1ccc(C#N)cc1Br. The minimum absolute atomic E-state index is 0.630. The summed E-state index contributed by atoms with van der Waals surface area (Å²) in [6.45, 7) is 1.94. The highest BCUT2D eigenvalue weighted by Gasteiger charge is 2.06. The van der Waals surface area contributed by atoms with Gasteiger partial charge in [-0.3, -0.25) is 4.68 Å². The van der Waals surface area contributed by atoms with E-state index in [0.717, 1.165) is 21.5 Å². The van der Waals surface area contributed by atoms with E-state index in [-0.39, 0.29) is 0 Å². The number of nitriles is 1. The number of hydrogen-bond acceptors (Lipinski definition) is 3. The summed E-state index contributed by atoms with van der Waals surface area (Å²) in [6.07, 6.45) is 1.92. The number of aromatic nitrogens is 2. The normalized spacial score (nSPS) is 10.0. The Morgan fingerprint density at radius 3 is 2.71 bits per heavy atom. The lowest BCUT2D eigenvalue weighted by atomic mass is 10.2. The van der Waals surface area contributed by atoms with Crippen molar-refractivity contribution in [2.24, 2.45) is 7.05 Å². The lowest BCUT2D eigenvalue weighted by Gasteiger charge is -2.07. The Hall–Kier alpha value is -1.80. The molecule has 0 aliphatic rings. The molecular formula is C12H11BrN4. The monoisotopic (exact) mass is 290 g/mol. The van der Waals surface area contributed by atoms with E-state index in [2.05, 4.69) is 32.4 Å². The van der Waals surface area contributed by atoms with E-state index in [1.165, 1.54) is 0 Å². The highest BCUT2D eigenvalue weighted by atomic mass is 79.9. The fourth-order valence-electron chi connectivity index (χ4n) is 1.55. The Morgan fingerprint density at radius 2 is 2.18 bits per heavy atom. The van der Waals surface area contributed by atoms with Gasteiger partial charge in [0.2, 0.25) is 0 Å². The maximum atomic E-state index is 8.79. The summed E-state index contributed by atoms with van der Waals surface area (Å²) >= 11 is 3.44. The highest BCUT2D eigenvalue weighted by molar-refractivity contribution is 9.10. The Kier molecular flexibility index (Phi) is 3.16. The third-order valence-electron chi connectivity index (χ3n) is 2.38. The van der Waals surface area contributed by atoms with Crippen molar-refractivity contribution >= 4 is 27.3 Å². The van der Waals surface area contributed by atoms with Crippen LogP contribution in [0.5, 0.6) is 0 Å². The molecule has 2 rings (SSSR count). The molecule has 86 valence electrons. The second kappa shape index (κ2) is 4.60. The van der Waals surface area contributed by atoms with Crippen LogP contribution in [0.4, 0.5) is 11.4 Å². The van der Waals surface area contributed by atoms with Crippen molar-refractivity contribution in [3.8, 4) is 6.07 Å². The van der Waals surface area contributed by atoms with Crippen molar-refractivity contribution in [3.05, 3.63) is 40.1 Å². The number of nitrogens with one attached hydrogen (secondary N) is 1. The predicted octanol–water partition coefficient (Wildman–Crippen LogP) is 3.11. The first kappa shape index (κ1) is 11.7. The topological polar surface area (TPSA) is 53.6 Å². The highest BCUT2D eigenvalue weighted by Crippen LogP contribution is 2.27. The van der Waals surface area contributed by atoms with Crippen molar-refractivity contribution in [3.63, 3.8) is 0 Å². The van der Waals surface area contributed by atoms with Crippen LogP contribution in [-0.2, 0) is 7.05 Å². The molecule has 1 aromatic carbocycles. The van der Waals surface area contributed by atoms with Crippen LogP contribution in [0.2, 0.25) is 0 Å². The molecule has 0 unspecified atom stereocenters. The van der Waals surface area contributed by atoms with Crippen LogP contribution in [0.25, 0.3) is 0 Å². The molecule has 0 bridgehead atoms. The van der Waals surface area contributed by atoms with E-state index in [0.29, 0.717) is 5.56 Å². The summed E-state index contributed by atoms with van der Waals surface area (Å²) in [5, 5.41) is 16.3. The van der Waals surface area contributed by atoms with Gasteiger partial charge in [-0.05, 0) is 41.1 Å². The molecule has 4 nitrogen and oxygen atoms in total. The fraction of sp³-hybridized carbons (Fsp3) is 0.167. The number of rotatable bonds is 2. The van der Waals surface area contributed by atoms with E-state index in [1.807, 2.05) is 26.2 Å². The zero-order valence-electron chi connectivity index (χ0n) is 9.53. The Labute approximate surface area is 108 Å². The number of benzene rings is 1. The van der Waals surface area contributed by atoms with Crippen molar-refractivity contribution in [1.29, 1.82) is 5.26 Å². The van der Waals surface area contributed by atoms with Gasteiger partial charge in [-0.15, -0.1) is 0 Å². The number of anilines is 2. The molecule has 0 fully saturated rings. The number of aryl methyl sites for hydroxylation is 2. The maximum Gasteiger partial charge on any atom is 0.0992 e. The molecule has 0 radical (unpaired) electrons. The first-order valence-corrected chi connectivity index (χ1v) is 5.86. The Morgan fingerprint density at radius 1 is 1.41 bits per heavy atom. The zero-order chi connectivity index (χ0) is 12.4. The molecule has 1 heterocycles. The van der Waals surface area contributed by atoms with Crippen LogP contribution in [0.1, 0.15) is 11.3 Å². The van der Waals surface area contributed by atoms with Crippen LogP contribution in [0.15, 0.2) is 28.9 Å². The molecule has 1 aromatic heterocycles. The van der Waals surface area contributed by atoms with Crippen molar-refractivity contribution in [1.82, 2.24) is 9.78 Å². The van der Waals surface area contributed by atoms with E-state index in [9.17, 15) is 0 Å².